The quantitative estimate of drug-likeness (QED) is 0.677. The molecule has 0 aliphatic carbocycles. The Bertz CT molecular complexity index is 933. The summed E-state index contributed by atoms with van der Waals surface area (Å²) in [6, 6.07) is 8.53. The van der Waals surface area contributed by atoms with Crippen molar-refractivity contribution in [3.05, 3.63) is 53.5 Å². The van der Waals surface area contributed by atoms with Crippen LogP contribution in [0.5, 0.6) is 0 Å². The first-order valence-corrected chi connectivity index (χ1v) is 8.11. The third-order valence-electron chi connectivity index (χ3n) is 4.26. The Morgan fingerprint density at radius 2 is 1.85 bits per heavy atom. The van der Waals surface area contributed by atoms with E-state index in [2.05, 4.69) is 10.6 Å². The second-order valence-corrected chi connectivity index (χ2v) is 6.35. The second kappa shape index (κ2) is 6.60. The van der Waals surface area contributed by atoms with Crippen LogP contribution in [0.3, 0.4) is 0 Å². The number of nitrogens with zero attached hydrogens (tertiary/aromatic N) is 1. The summed E-state index contributed by atoms with van der Waals surface area (Å²) in [5.41, 5.74) is 4.49. The zero-order chi connectivity index (χ0) is 19.8. The lowest BCUT2D eigenvalue weighted by molar-refractivity contribution is -0.134. The van der Waals surface area contributed by atoms with Gasteiger partial charge in [0.05, 0.1) is 0 Å². The number of carbonyl (C=O) groups is 4. The van der Waals surface area contributed by atoms with E-state index in [1.165, 1.54) is 31.2 Å². The van der Waals surface area contributed by atoms with Gasteiger partial charge in [-0.2, -0.15) is 0 Å². The molecule has 27 heavy (non-hydrogen) atoms. The highest BCUT2D eigenvalue weighted by molar-refractivity contribution is 6.10. The molecule has 0 radical (unpaired) electrons. The van der Waals surface area contributed by atoms with Gasteiger partial charge in [-0.1, -0.05) is 0 Å². The number of amides is 5. The van der Waals surface area contributed by atoms with Gasteiger partial charge >= 0.3 is 6.03 Å². The topological polar surface area (TPSA) is 135 Å². The van der Waals surface area contributed by atoms with E-state index in [0.717, 1.165) is 4.90 Å². The van der Waals surface area contributed by atoms with Crippen molar-refractivity contribution < 1.29 is 23.6 Å². The molecule has 140 valence electrons. The van der Waals surface area contributed by atoms with Gasteiger partial charge in [-0.25, -0.2) is 4.79 Å². The van der Waals surface area contributed by atoms with Crippen LogP contribution in [0.1, 0.15) is 28.8 Å². The summed E-state index contributed by atoms with van der Waals surface area (Å²) in [5.74, 6) is -0.835. The molecule has 2 heterocycles. The smallest absolute Gasteiger partial charge is 0.325 e. The zero-order valence-electron chi connectivity index (χ0n) is 14.7. The molecule has 1 saturated heterocycles. The first kappa shape index (κ1) is 18.2. The number of rotatable bonds is 5. The van der Waals surface area contributed by atoms with Crippen molar-refractivity contribution in [1.82, 2.24) is 10.2 Å². The van der Waals surface area contributed by atoms with E-state index in [4.69, 9.17) is 10.2 Å². The Kier molecular flexibility index (Phi) is 4.44. The van der Waals surface area contributed by atoms with Crippen LogP contribution in [0, 0.1) is 6.92 Å². The fourth-order valence-corrected chi connectivity index (χ4v) is 2.77. The minimum atomic E-state index is -1.37. The van der Waals surface area contributed by atoms with E-state index in [9.17, 15) is 19.2 Å². The number of hydrogen-bond donors (Lipinski definition) is 3. The average molecular weight is 370 g/mol. The average Bonchev–Trinajstić information content (AvgIpc) is 3.14. The first-order valence-electron chi connectivity index (χ1n) is 8.11. The lowest BCUT2D eigenvalue weighted by Gasteiger charge is -2.19. The van der Waals surface area contributed by atoms with E-state index in [1.54, 1.807) is 19.1 Å². The molecule has 3 rings (SSSR count). The van der Waals surface area contributed by atoms with Crippen molar-refractivity contribution in [1.29, 1.82) is 0 Å². The van der Waals surface area contributed by atoms with Crippen molar-refractivity contribution in [2.24, 2.45) is 5.73 Å². The van der Waals surface area contributed by atoms with Crippen LogP contribution in [0.4, 0.5) is 10.5 Å². The van der Waals surface area contributed by atoms with Gasteiger partial charge in [0.15, 0.2) is 5.54 Å². The van der Waals surface area contributed by atoms with Crippen molar-refractivity contribution >= 4 is 29.4 Å². The van der Waals surface area contributed by atoms with E-state index in [1.807, 2.05) is 0 Å². The van der Waals surface area contributed by atoms with Crippen LogP contribution in [-0.4, -0.2) is 35.2 Å². The Balaban J connectivity index is 1.69. The molecule has 5 amide bonds. The van der Waals surface area contributed by atoms with Crippen LogP contribution in [0.2, 0.25) is 0 Å². The number of anilines is 1. The predicted molar refractivity (Wildman–Crippen MR) is 94.6 cm³/mol. The van der Waals surface area contributed by atoms with Crippen LogP contribution < -0.4 is 16.4 Å². The Labute approximate surface area is 154 Å². The maximum atomic E-state index is 12.7. The van der Waals surface area contributed by atoms with Gasteiger partial charge in [0, 0.05) is 11.3 Å². The maximum absolute atomic E-state index is 12.7. The van der Waals surface area contributed by atoms with Gasteiger partial charge in [0.2, 0.25) is 11.8 Å². The minimum Gasteiger partial charge on any atom is -0.463 e. The maximum Gasteiger partial charge on any atom is 0.325 e. The number of furan rings is 1. The lowest BCUT2D eigenvalue weighted by Crippen LogP contribution is -2.41. The monoisotopic (exact) mass is 370 g/mol. The molecule has 1 aromatic heterocycles. The molecule has 1 aromatic carbocycles. The third kappa shape index (κ3) is 3.39. The number of nitrogens with two attached hydrogens (primary N) is 1. The molecule has 1 aliphatic rings. The van der Waals surface area contributed by atoms with Gasteiger partial charge in [0.1, 0.15) is 18.1 Å². The zero-order valence-corrected chi connectivity index (χ0v) is 14.7. The first-order chi connectivity index (χ1) is 12.7. The van der Waals surface area contributed by atoms with E-state index in [-0.39, 0.29) is 0 Å². The van der Waals surface area contributed by atoms with Crippen molar-refractivity contribution in [3.63, 3.8) is 0 Å². The van der Waals surface area contributed by atoms with Crippen LogP contribution >= 0.6 is 0 Å². The summed E-state index contributed by atoms with van der Waals surface area (Å²) < 4.78 is 5.47. The molecule has 9 heteroatoms. The fourth-order valence-electron chi connectivity index (χ4n) is 2.77. The molecular weight excluding hydrogens is 352 g/mol. The third-order valence-corrected chi connectivity index (χ3v) is 4.26. The number of carbonyl (C=O) groups excluding carboxylic acids is 4. The van der Waals surface area contributed by atoms with Crippen LogP contribution in [0.25, 0.3) is 0 Å². The molecule has 0 spiro atoms. The molecule has 9 nitrogen and oxygen atoms in total. The molecule has 1 fully saturated rings. The van der Waals surface area contributed by atoms with E-state index >= 15 is 0 Å². The SMILES string of the molecule is Cc1ccc([C@]2(C)NC(=O)N(CC(=O)Nc3ccc(C(N)=O)cc3)C2=O)o1. The molecular formula is C18H18N4O5. The summed E-state index contributed by atoms with van der Waals surface area (Å²) in [6.45, 7) is 2.78. The van der Waals surface area contributed by atoms with E-state index in [0.29, 0.717) is 22.8 Å². The standard InChI is InChI=1S/C18H18N4O5/c1-10-3-8-13(27-10)18(2)16(25)22(17(26)21-18)9-14(23)20-12-6-4-11(5-7-12)15(19)24/h3-8H,9H2,1-2H3,(H2,19,24)(H,20,23)(H,21,26)/t18-/m0/s1. The van der Waals surface area contributed by atoms with Crippen molar-refractivity contribution in [2.45, 2.75) is 19.4 Å². The van der Waals surface area contributed by atoms with Crippen molar-refractivity contribution in [2.75, 3.05) is 11.9 Å². The summed E-state index contributed by atoms with van der Waals surface area (Å²) in [6.07, 6.45) is 0. The molecule has 0 saturated carbocycles. The molecule has 2 aromatic rings. The number of imide groups is 1. The number of benzene rings is 1. The Morgan fingerprint density at radius 3 is 2.41 bits per heavy atom. The van der Waals surface area contributed by atoms with Gasteiger partial charge in [-0.15, -0.1) is 0 Å². The highest BCUT2D eigenvalue weighted by Crippen LogP contribution is 2.30. The van der Waals surface area contributed by atoms with E-state index < -0.39 is 35.8 Å². The summed E-state index contributed by atoms with van der Waals surface area (Å²) in [4.78, 5) is 49.0. The number of primary amides is 1. The predicted octanol–water partition coefficient (Wildman–Crippen LogP) is 1.09. The summed E-state index contributed by atoms with van der Waals surface area (Å²) in [5, 5.41) is 5.12. The van der Waals surface area contributed by atoms with Gasteiger partial charge in [-0.3, -0.25) is 19.3 Å². The summed E-state index contributed by atoms with van der Waals surface area (Å²) in [7, 11) is 0. The highest BCUT2D eigenvalue weighted by Gasteiger charge is 2.51. The van der Waals surface area contributed by atoms with Gasteiger partial charge in [-0.05, 0) is 50.2 Å². The molecule has 1 atom stereocenters. The largest absolute Gasteiger partial charge is 0.463 e. The van der Waals surface area contributed by atoms with Gasteiger partial charge < -0.3 is 20.8 Å². The second-order valence-electron chi connectivity index (χ2n) is 6.35. The highest BCUT2D eigenvalue weighted by atomic mass is 16.3. The molecule has 0 bridgehead atoms. The molecule has 0 unspecified atom stereocenters. The number of urea groups is 1. The fraction of sp³-hybridized carbons (Fsp3) is 0.222. The Morgan fingerprint density at radius 1 is 1.19 bits per heavy atom. The molecule has 4 N–H and O–H groups in total. The van der Waals surface area contributed by atoms with Crippen LogP contribution in [-0.2, 0) is 15.1 Å². The number of aryl methyl sites for hydroxylation is 1. The molecule has 1 aliphatic heterocycles. The van der Waals surface area contributed by atoms with Crippen LogP contribution in [0.15, 0.2) is 40.8 Å². The normalized spacial score (nSPS) is 19.1. The Hall–Kier alpha value is -3.62. The van der Waals surface area contributed by atoms with Gasteiger partial charge in [0.25, 0.3) is 5.91 Å². The number of nitrogens with one attached hydrogen (secondary N) is 2. The minimum absolute atomic E-state index is 0.295. The summed E-state index contributed by atoms with van der Waals surface area (Å²) >= 11 is 0. The van der Waals surface area contributed by atoms with Crippen molar-refractivity contribution in [3.8, 4) is 0 Å². The lowest BCUT2D eigenvalue weighted by atomic mass is 9.99. The number of hydrogen-bond acceptors (Lipinski definition) is 5.